The zero-order valence-electron chi connectivity index (χ0n) is 21.2. The van der Waals surface area contributed by atoms with Crippen LogP contribution in [0.25, 0.3) is 16.6 Å². The fraction of sp³-hybridized carbons (Fsp3) is 0.483. The van der Waals surface area contributed by atoms with Crippen molar-refractivity contribution in [3.63, 3.8) is 0 Å². The highest BCUT2D eigenvalue weighted by Crippen LogP contribution is 2.31. The number of para-hydroxylation sites is 1. The molecule has 1 unspecified atom stereocenters. The molecule has 1 saturated carbocycles. The number of fused-ring (bicyclic) bond motifs is 1. The summed E-state index contributed by atoms with van der Waals surface area (Å²) in [6.07, 6.45) is 5.07. The van der Waals surface area contributed by atoms with Gasteiger partial charge in [-0.05, 0) is 69.7 Å². The van der Waals surface area contributed by atoms with Gasteiger partial charge in [0.25, 0.3) is 5.56 Å². The van der Waals surface area contributed by atoms with Gasteiger partial charge in [-0.3, -0.25) is 14.2 Å². The number of aromatic nitrogens is 2. The molecule has 0 radical (unpaired) electrons. The van der Waals surface area contributed by atoms with E-state index in [1.165, 1.54) is 0 Å². The fourth-order valence-electron chi connectivity index (χ4n) is 5.16. The van der Waals surface area contributed by atoms with Gasteiger partial charge in [0.05, 0.1) is 22.6 Å². The monoisotopic (exact) mass is 459 g/mol. The van der Waals surface area contributed by atoms with E-state index in [1.807, 2.05) is 55.1 Å². The van der Waals surface area contributed by atoms with Gasteiger partial charge in [-0.15, -0.1) is 0 Å². The van der Waals surface area contributed by atoms with Crippen LogP contribution in [0.1, 0.15) is 75.9 Å². The molecule has 3 aromatic rings. The second-order valence-corrected chi connectivity index (χ2v) is 10.3. The second kappa shape index (κ2) is 10.1. The zero-order valence-corrected chi connectivity index (χ0v) is 21.2. The zero-order chi connectivity index (χ0) is 24.4. The topological polar surface area (TPSA) is 55.2 Å². The Morgan fingerprint density at radius 2 is 1.79 bits per heavy atom. The van der Waals surface area contributed by atoms with Crippen molar-refractivity contribution in [1.29, 1.82) is 0 Å². The first-order valence-electron chi connectivity index (χ1n) is 12.7. The van der Waals surface area contributed by atoms with Crippen LogP contribution < -0.4 is 5.56 Å². The molecule has 0 N–H and O–H groups in total. The molecule has 1 aliphatic carbocycles. The van der Waals surface area contributed by atoms with Gasteiger partial charge in [-0.1, -0.05) is 56.5 Å². The summed E-state index contributed by atoms with van der Waals surface area (Å²) in [5.41, 5.74) is 3.58. The Morgan fingerprint density at radius 3 is 2.47 bits per heavy atom. The number of aryl methyl sites for hydroxylation is 2. The molecule has 1 atom stereocenters. The molecule has 0 saturated heterocycles. The van der Waals surface area contributed by atoms with Crippen molar-refractivity contribution in [2.24, 2.45) is 11.8 Å². The molecule has 180 valence electrons. The molecule has 34 heavy (non-hydrogen) atoms. The summed E-state index contributed by atoms with van der Waals surface area (Å²) in [4.78, 5) is 34.5. The third-order valence-corrected chi connectivity index (χ3v) is 7.17. The summed E-state index contributed by atoms with van der Waals surface area (Å²) in [6.45, 7) is 11.1. The summed E-state index contributed by atoms with van der Waals surface area (Å²) < 4.78 is 1.74. The lowest BCUT2D eigenvalue weighted by Gasteiger charge is -2.33. The first-order chi connectivity index (χ1) is 16.3. The number of hydrogen-bond donors (Lipinski definition) is 0. The smallest absolute Gasteiger partial charge is 0.266 e. The van der Waals surface area contributed by atoms with Crippen LogP contribution in [0.3, 0.4) is 0 Å². The molecule has 2 aromatic carbocycles. The molecule has 0 bridgehead atoms. The number of rotatable bonds is 7. The van der Waals surface area contributed by atoms with Gasteiger partial charge >= 0.3 is 0 Å². The summed E-state index contributed by atoms with van der Waals surface area (Å²) in [7, 11) is 0. The van der Waals surface area contributed by atoms with Crippen LogP contribution >= 0.6 is 0 Å². The van der Waals surface area contributed by atoms with Gasteiger partial charge in [-0.25, -0.2) is 4.98 Å². The third kappa shape index (κ3) is 4.79. The summed E-state index contributed by atoms with van der Waals surface area (Å²) >= 11 is 0. The van der Waals surface area contributed by atoms with E-state index >= 15 is 0 Å². The molecule has 4 rings (SSSR count). The summed E-state index contributed by atoms with van der Waals surface area (Å²) in [6, 6.07) is 13.3. The SMILES string of the molecule is Cc1ccc(-n2c(C(C)N(CCC(C)C)C(=O)C3CCCC3)nc3ccccc3c2=O)c(C)c1. The maximum Gasteiger partial charge on any atom is 0.266 e. The van der Waals surface area contributed by atoms with Gasteiger partial charge in [0.1, 0.15) is 5.82 Å². The van der Waals surface area contributed by atoms with Gasteiger partial charge < -0.3 is 4.90 Å². The molecule has 1 fully saturated rings. The van der Waals surface area contributed by atoms with Crippen LogP contribution in [0.15, 0.2) is 47.3 Å². The molecular formula is C29H37N3O2. The number of carbonyl (C=O) groups is 1. The van der Waals surface area contributed by atoms with Crippen molar-refractivity contribution < 1.29 is 4.79 Å². The maximum absolute atomic E-state index is 13.8. The van der Waals surface area contributed by atoms with Crippen molar-refractivity contribution >= 4 is 16.8 Å². The predicted molar refractivity (Wildman–Crippen MR) is 138 cm³/mol. The lowest BCUT2D eigenvalue weighted by molar-refractivity contribution is -0.138. The minimum absolute atomic E-state index is 0.0800. The van der Waals surface area contributed by atoms with E-state index in [1.54, 1.807) is 4.57 Å². The second-order valence-electron chi connectivity index (χ2n) is 10.3. The van der Waals surface area contributed by atoms with Crippen LogP contribution in [0.4, 0.5) is 0 Å². The molecule has 5 nitrogen and oxygen atoms in total. The Bertz CT molecular complexity index is 1240. The molecule has 0 spiro atoms. The van der Waals surface area contributed by atoms with Crippen LogP contribution in [0.2, 0.25) is 0 Å². The van der Waals surface area contributed by atoms with E-state index in [0.29, 0.717) is 29.2 Å². The lowest BCUT2D eigenvalue weighted by atomic mass is 10.0. The molecule has 1 aromatic heterocycles. The van der Waals surface area contributed by atoms with Crippen LogP contribution in [-0.2, 0) is 4.79 Å². The Balaban J connectivity index is 1.89. The van der Waals surface area contributed by atoms with Crippen LogP contribution in [-0.4, -0.2) is 26.9 Å². The van der Waals surface area contributed by atoms with Gasteiger partial charge in [0.15, 0.2) is 0 Å². The minimum atomic E-state index is -0.315. The number of amides is 1. The largest absolute Gasteiger partial charge is 0.333 e. The Morgan fingerprint density at radius 1 is 1.09 bits per heavy atom. The normalized spacial score (nSPS) is 15.2. The number of hydrogen-bond acceptors (Lipinski definition) is 3. The minimum Gasteiger partial charge on any atom is -0.333 e. The van der Waals surface area contributed by atoms with E-state index in [-0.39, 0.29) is 23.4 Å². The predicted octanol–water partition coefficient (Wildman–Crippen LogP) is 6.13. The quantitative estimate of drug-likeness (QED) is 0.427. The van der Waals surface area contributed by atoms with E-state index < -0.39 is 0 Å². The molecule has 5 heteroatoms. The average Bonchev–Trinajstić information content (AvgIpc) is 3.34. The van der Waals surface area contributed by atoms with E-state index in [4.69, 9.17) is 4.98 Å². The van der Waals surface area contributed by atoms with Crippen molar-refractivity contribution in [2.75, 3.05) is 6.54 Å². The highest BCUT2D eigenvalue weighted by Gasteiger charge is 2.32. The van der Waals surface area contributed by atoms with Crippen molar-refractivity contribution in [1.82, 2.24) is 14.5 Å². The lowest BCUT2D eigenvalue weighted by Crippen LogP contribution is -2.41. The van der Waals surface area contributed by atoms with E-state index in [0.717, 1.165) is 48.9 Å². The summed E-state index contributed by atoms with van der Waals surface area (Å²) in [5.74, 6) is 1.40. The summed E-state index contributed by atoms with van der Waals surface area (Å²) in [5, 5.41) is 0.592. The molecular weight excluding hydrogens is 422 g/mol. The number of carbonyl (C=O) groups excluding carboxylic acids is 1. The van der Waals surface area contributed by atoms with E-state index in [2.05, 4.69) is 26.8 Å². The highest BCUT2D eigenvalue weighted by molar-refractivity contribution is 5.80. The maximum atomic E-state index is 13.8. The van der Waals surface area contributed by atoms with Crippen molar-refractivity contribution in [3.05, 3.63) is 69.8 Å². The highest BCUT2D eigenvalue weighted by atomic mass is 16.2. The molecule has 0 aliphatic heterocycles. The molecule has 1 aliphatic rings. The first-order valence-corrected chi connectivity index (χ1v) is 12.7. The van der Waals surface area contributed by atoms with Crippen molar-refractivity contribution in [3.8, 4) is 5.69 Å². The number of benzene rings is 2. The van der Waals surface area contributed by atoms with E-state index in [9.17, 15) is 9.59 Å². The van der Waals surface area contributed by atoms with Crippen LogP contribution in [0, 0.1) is 25.7 Å². The van der Waals surface area contributed by atoms with Gasteiger partial charge in [0.2, 0.25) is 5.91 Å². The van der Waals surface area contributed by atoms with Gasteiger partial charge in [-0.2, -0.15) is 0 Å². The number of nitrogens with zero attached hydrogens (tertiary/aromatic N) is 3. The Kier molecular flexibility index (Phi) is 7.20. The van der Waals surface area contributed by atoms with Crippen molar-refractivity contribution in [2.45, 2.75) is 72.8 Å². The molecule has 1 heterocycles. The third-order valence-electron chi connectivity index (χ3n) is 7.17. The van der Waals surface area contributed by atoms with Crippen LogP contribution in [0.5, 0.6) is 0 Å². The molecule has 1 amide bonds. The Labute approximate surface area is 202 Å². The standard InChI is InChI=1S/C29H37N3O2/c1-19(2)16-17-31(28(33)23-10-6-7-11-23)22(5)27-30-25-13-9-8-12-24(25)29(34)32(27)26-15-14-20(3)18-21(26)4/h8-9,12-15,18-19,22-23H,6-7,10-11,16-17H2,1-5H3. The Hall–Kier alpha value is -2.95. The fourth-order valence-corrected chi connectivity index (χ4v) is 5.16. The van der Waals surface area contributed by atoms with Gasteiger partial charge in [0, 0.05) is 12.5 Å². The first kappa shape index (κ1) is 24.2. The average molecular weight is 460 g/mol.